The summed E-state index contributed by atoms with van der Waals surface area (Å²) in [6, 6.07) is 0. The highest BCUT2D eigenvalue weighted by atomic mass is 79.9. The summed E-state index contributed by atoms with van der Waals surface area (Å²) >= 11 is 3.55. The van der Waals surface area contributed by atoms with Crippen molar-refractivity contribution in [2.75, 3.05) is 6.61 Å². The minimum absolute atomic E-state index is 0.0361. The average molecular weight is 261 g/mol. The predicted molar refractivity (Wildman–Crippen MR) is 52.9 cm³/mol. The minimum atomic E-state index is -0.297. The fourth-order valence-corrected chi connectivity index (χ4v) is 4.50. The van der Waals surface area contributed by atoms with E-state index in [9.17, 15) is 9.90 Å². The summed E-state index contributed by atoms with van der Waals surface area (Å²) in [5.41, 5.74) is -0.106. The molecular formula is C10H13BrO3. The molecule has 78 valence electrons. The van der Waals surface area contributed by atoms with Crippen molar-refractivity contribution in [3.63, 3.8) is 0 Å². The maximum Gasteiger partial charge on any atom is 0.309 e. The quantitative estimate of drug-likeness (QED) is 0.524. The van der Waals surface area contributed by atoms with Gasteiger partial charge in [0.2, 0.25) is 0 Å². The fraction of sp³-hybridized carbons (Fsp3) is 0.900. The molecule has 1 N–H and O–H groups in total. The Balaban J connectivity index is 2.03. The van der Waals surface area contributed by atoms with Gasteiger partial charge in [-0.15, -0.1) is 0 Å². The molecule has 0 radical (unpaired) electrons. The number of esters is 1. The van der Waals surface area contributed by atoms with E-state index in [-0.39, 0.29) is 34.2 Å². The van der Waals surface area contributed by atoms with Crippen molar-refractivity contribution in [3.8, 4) is 0 Å². The lowest BCUT2D eigenvalue weighted by Crippen LogP contribution is -2.57. The topological polar surface area (TPSA) is 46.5 Å². The van der Waals surface area contributed by atoms with Crippen LogP contribution in [0.25, 0.3) is 0 Å². The third kappa shape index (κ3) is 0.890. The van der Waals surface area contributed by atoms with Crippen molar-refractivity contribution in [1.29, 1.82) is 0 Å². The van der Waals surface area contributed by atoms with Crippen molar-refractivity contribution in [2.45, 2.75) is 30.2 Å². The highest BCUT2D eigenvalue weighted by Crippen LogP contribution is 2.59. The molecule has 3 saturated carbocycles. The molecule has 4 heteroatoms. The van der Waals surface area contributed by atoms with Gasteiger partial charge in [0.15, 0.2) is 0 Å². The van der Waals surface area contributed by atoms with Gasteiger partial charge in [-0.05, 0) is 25.2 Å². The van der Waals surface area contributed by atoms with Crippen LogP contribution in [-0.4, -0.2) is 28.6 Å². The monoisotopic (exact) mass is 260 g/mol. The number of alkyl halides is 1. The van der Waals surface area contributed by atoms with Gasteiger partial charge in [0.05, 0.1) is 23.5 Å². The number of ether oxygens (including phenoxy) is 1. The third-order valence-electron chi connectivity index (χ3n) is 4.31. The first-order valence-corrected chi connectivity index (χ1v) is 6.05. The lowest BCUT2D eigenvalue weighted by Gasteiger charge is -2.52. The van der Waals surface area contributed by atoms with Gasteiger partial charge < -0.3 is 9.84 Å². The van der Waals surface area contributed by atoms with E-state index in [0.29, 0.717) is 6.61 Å². The molecule has 1 saturated heterocycles. The molecule has 0 amide bonds. The van der Waals surface area contributed by atoms with Crippen LogP contribution in [-0.2, 0) is 9.53 Å². The van der Waals surface area contributed by atoms with Gasteiger partial charge in [0, 0.05) is 5.41 Å². The number of aliphatic hydroxyl groups excluding tert-OH is 1. The van der Waals surface area contributed by atoms with Crippen LogP contribution in [0.4, 0.5) is 0 Å². The standard InChI is InChI=1S/C10H13BrO3/c11-8-7(12)5-1-2-10(8)4-14-9(13)6(10)3-5/h5-8,12H,1-4H2/t5-,6+,7+,8+,10-/m0/s1. The van der Waals surface area contributed by atoms with Crippen LogP contribution in [0.3, 0.4) is 0 Å². The second-order valence-electron chi connectivity index (χ2n) is 4.82. The molecule has 1 heterocycles. The minimum Gasteiger partial charge on any atom is -0.465 e. The normalized spacial score (nSPS) is 55.7. The lowest BCUT2D eigenvalue weighted by molar-refractivity contribution is -0.143. The molecule has 1 aliphatic heterocycles. The van der Waals surface area contributed by atoms with E-state index in [4.69, 9.17) is 4.74 Å². The molecule has 4 aliphatic rings. The summed E-state index contributed by atoms with van der Waals surface area (Å²) < 4.78 is 5.16. The highest BCUT2D eigenvalue weighted by Gasteiger charge is 2.63. The van der Waals surface area contributed by atoms with E-state index >= 15 is 0 Å². The van der Waals surface area contributed by atoms with E-state index in [1.54, 1.807) is 0 Å². The SMILES string of the molecule is O=C1OC[C@@]23CC[C@@H](C[C@H]12)[C@@H](O)[C@H]3Br. The Morgan fingerprint density at radius 3 is 3.14 bits per heavy atom. The molecule has 2 bridgehead atoms. The Hall–Kier alpha value is -0.0900. The number of hydrogen-bond donors (Lipinski definition) is 1. The van der Waals surface area contributed by atoms with E-state index in [0.717, 1.165) is 19.3 Å². The van der Waals surface area contributed by atoms with Gasteiger partial charge in [0.1, 0.15) is 0 Å². The first-order chi connectivity index (χ1) is 6.65. The molecule has 4 rings (SSSR count). The lowest BCUT2D eigenvalue weighted by atomic mass is 9.55. The molecule has 0 aromatic rings. The van der Waals surface area contributed by atoms with Crippen molar-refractivity contribution in [3.05, 3.63) is 0 Å². The molecule has 1 spiro atoms. The molecule has 0 aromatic carbocycles. The Bertz CT molecular complexity index is 293. The zero-order valence-electron chi connectivity index (χ0n) is 7.78. The number of fused-ring (bicyclic) bond motifs is 2. The first-order valence-electron chi connectivity index (χ1n) is 5.14. The Kier molecular flexibility index (Phi) is 1.78. The Morgan fingerprint density at radius 1 is 1.57 bits per heavy atom. The van der Waals surface area contributed by atoms with E-state index in [1.807, 2.05) is 0 Å². The van der Waals surface area contributed by atoms with Crippen molar-refractivity contribution in [1.82, 2.24) is 0 Å². The maximum absolute atomic E-state index is 11.5. The van der Waals surface area contributed by atoms with Crippen LogP contribution >= 0.6 is 15.9 Å². The summed E-state index contributed by atoms with van der Waals surface area (Å²) in [6.07, 6.45) is 2.58. The molecule has 14 heavy (non-hydrogen) atoms. The van der Waals surface area contributed by atoms with Gasteiger partial charge in [-0.3, -0.25) is 4.79 Å². The van der Waals surface area contributed by atoms with Crippen LogP contribution in [0.5, 0.6) is 0 Å². The van der Waals surface area contributed by atoms with E-state index in [1.165, 1.54) is 0 Å². The zero-order chi connectivity index (χ0) is 9.92. The molecule has 3 nitrogen and oxygen atoms in total. The smallest absolute Gasteiger partial charge is 0.309 e. The molecule has 4 fully saturated rings. The maximum atomic E-state index is 11.5. The zero-order valence-corrected chi connectivity index (χ0v) is 9.37. The predicted octanol–water partition coefficient (Wildman–Crippen LogP) is 1.08. The van der Waals surface area contributed by atoms with E-state index in [2.05, 4.69) is 15.9 Å². The Labute approximate surface area is 90.9 Å². The molecule has 0 aromatic heterocycles. The largest absolute Gasteiger partial charge is 0.465 e. The number of carbonyl (C=O) groups is 1. The van der Waals surface area contributed by atoms with Crippen molar-refractivity contribution >= 4 is 21.9 Å². The molecule has 5 atom stereocenters. The van der Waals surface area contributed by atoms with Gasteiger partial charge in [-0.2, -0.15) is 0 Å². The number of hydrogen-bond acceptors (Lipinski definition) is 3. The second-order valence-corrected chi connectivity index (χ2v) is 5.81. The Morgan fingerprint density at radius 2 is 2.36 bits per heavy atom. The average Bonchev–Trinajstić information content (AvgIpc) is 2.54. The van der Waals surface area contributed by atoms with Crippen LogP contribution in [0.15, 0.2) is 0 Å². The number of halogens is 1. The summed E-state index contributed by atoms with van der Waals surface area (Å²) in [5, 5.41) is 9.98. The van der Waals surface area contributed by atoms with Gasteiger partial charge in [0.25, 0.3) is 0 Å². The summed E-state index contributed by atoms with van der Waals surface area (Å²) in [4.78, 5) is 11.6. The van der Waals surface area contributed by atoms with Crippen LogP contribution < -0.4 is 0 Å². The van der Waals surface area contributed by atoms with Gasteiger partial charge >= 0.3 is 5.97 Å². The van der Waals surface area contributed by atoms with Crippen LogP contribution in [0, 0.1) is 17.3 Å². The molecule has 0 unspecified atom stereocenters. The van der Waals surface area contributed by atoms with Crippen LogP contribution in [0.1, 0.15) is 19.3 Å². The number of aliphatic hydroxyl groups is 1. The number of carbonyl (C=O) groups excluding carboxylic acids is 1. The molecule has 3 aliphatic carbocycles. The summed E-state index contributed by atoms with van der Waals surface area (Å²) in [6.45, 7) is 0.496. The number of rotatable bonds is 0. The van der Waals surface area contributed by atoms with Crippen LogP contribution in [0.2, 0.25) is 0 Å². The second kappa shape index (κ2) is 2.73. The van der Waals surface area contributed by atoms with E-state index < -0.39 is 0 Å². The van der Waals surface area contributed by atoms with Crippen molar-refractivity contribution in [2.24, 2.45) is 17.3 Å². The summed E-state index contributed by atoms with van der Waals surface area (Å²) in [7, 11) is 0. The van der Waals surface area contributed by atoms with Gasteiger partial charge in [-0.1, -0.05) is 15.9 Å². The van der Waals surface area contributed by atoms with Gasteiger partial charge in [-0.25, -0.2) is 0 Å². The number of cyclic esters (lactones) is 1. The fourth-order valence-electron chi connectivity index (χ4n) is 3.39. The first kappa shape index (κ1) is 9.16. The summed E-state index contributed by atoms with van der Waals surface area (Å²) in [5.74, 6) is 0.275. The third-order valence-corrected chi connectivity index (χ3v) is 5.77. The highest BCUT2D eigenvalue weighted by molar-refractivity contribution is 9.09. The molecular weight excluding hydrogens is 248 g/mol. The van der Waals surface area contributed by atoms with Crippen molar-refractivity contribution < 1.29 is 14.6 Å².